The Morgan fingerprint density at radius 1 is 1.41 bits per heavy atom. The summed E-state index contributed by atoms with van der Waals surface area (Å²) in [5, 5.41) is 3.50. The van der Waals surface area contributed by atoms with Gasteiger partial charge in [0, 0.05) is 25.6 Å². The predicted octanol–water partition coefficient (Wildman–Crippen LogP) is 2.02. The highest BCUT2D eigenvalue weighted by atomic mass is 16.2. The molecular weight excluding hydrogens is 212 g/mol. The molecule has 2 fully saturated rings. The minimum Gasteiger partial charge on any atom is -0.342 e. The highest BCUT2D eigenvalue weighted by molar-refractivity contribution is 5.77. The van der Waals surface area contributed by atoms with Crippen LogP contribution in [0, 0.1) is 11.8 Å². The average molecular weight is 238 g/mol. The highest BCUT2D eigenvalue weighted by Crippen LogP contribution is 2.23. The minimum absolute atomic E-state index is 0.368. The molecule has 3 nitrogen and oxygen atoms in total. The number of rotatable bonds is 3. The van der Waals surface area contributed by atoms with Crippen molar-refractivity contribution in [1.82, 2.24) is 10.2 Å². The van der Waals surface area contributed by atoms with Gasteiger partial charge in [0.25, 0.3) is 0 Å². The van der Waals surface area contributed by atoms with Gasteiger partial charge in [-0.05, 0) is 37.6 Å². The van der Waals surface area contributed by atoms with E-state index in [0.717, 1.165) is 25.6 Å². The molecule has 0 saturated carbocycles. The summed E-state index contributed by atoms with van der Waals surface area (Å²) in [5.41, 5.74) is 0. The molecule has 17 heavy (non-hydrogen) atoms. The van der Waals surface area contributed by atoms with E-state index < -0.39 is 0 Å². The third kappa shape index (κ3) is 3.21. The fourth-order valence-electron chi connectivity index (χ4n) is 3.10. The second-order valence-corrected chi connectivity index (χ2v) is 5.79. The summed E-state index contributed by atoms with van der Waals surface area (Å²) < 4.78 is 0. The van der Waals surface area contributed by atoms with Crippen LogP contribution in [0.3, 0.4) is 0 Å². The summed E-state index contributed by atoms with van der Waals surface area (Å²) in [6.45, 7) is 7.56. The summed E-state index contributed by atoms with van der Waals surface area (Å²) in [7, 11) is 0. The molecule has 0 radical (unpaired) electrons. The fourth-order valence-corrected chi connectivity index (χ4v) is 3.10. The lowest BCUT2D eigenvalue weighted by Gasteiger charge is -2.31. The van der Waals surface area contributed by atoms with Crippen LogP contribution in [0.15, 0.2) is 0 Å². The van der Waals surface area contributed by atoms with Gasteiger partial charge >= 0.3 is 0 Å². The van der Waals surface area contributed by atoms with Gasteiger partial charge in [-0.15, -0.1) is 0 Å². The van der Waals surface area contributed by atoms with E-state index in [9.17, 15) is 4.79 Å². The SMILES string of the molecule is CCC1CCN(C(=O)CC2NCCCC2C)C1. The molecule has 0 aromatic heterocycles. The number of amides is 1. The Balaban J connectivity index is 1.80. The Morgan fingerprint density at radius 2 is 2.24 bits per heavy atom. The lowest BCUT2D eigenvalue weighted by atomic mass is 9.90. The topological polar surface area (TPSA) is 32.3 Å². The van der Waals surface area contributed by atoms with Crippen LogP contribution in [-0.2, 0) is 4.79 Å². The smallest absolute Gasteiger partial charge is 0.224 e. The Hall–Kier alpha value is -0.570. The van der Waals surface area contributed by atoms with E-state index in [-0.39, 0.29) is 0 Å². The van der Waals surface area contributed by atoms with Crippen LogP contribution < -0.4 is 5.32 Å². The lowest BCUT2D eigenvalue weighted by molar-refractivity contribution is -0.131. The zero-order valence-corrected chi connectivity index (χ0v) is 11.2. The Kier molecular flexibility index (Phi) is 4.43. The van der Waals surface area contributed by atoms with Crippen LogP contribution in [0.5, 0.6) is 0 Å². The predicted molar refractivity (Wildman–Crippen MR) is 69.8 cm³/mol. The first-order valence-corrected chi connectivity index (χ1v) is 7.22. The Bertz CT molecular complexity index is 267. The van der Waals surface area contributed by atoms with Gasteiger partial charge in [0.1, 0.15) is 0 Å². The summed E-state index contributed by atoms with van der Waals surface area (Å²) in [5.74, 6) is 1.76. The number of likely N-dealkylation sites (tertiary alicyclic amines) is 1. The summed E-state index contributed by atoms with van der Waals surface area (Å²) in [6.07, 6.45) is 5.64. The van der Waals surface area contributed by atoms with Crippen molar-refractivity contribution in [1.29, 1.82) is 0 Å². The summed E-state index contributed by atoms with van der Waals surface area (Å²) in [6, 6.07) is 0.414. The van der Waals surface area contributed by atoms with Crippen molar-refractivity contribution in [3.8, 4) is 0 Å². The number of nitrogens with zero attached hydrogens (tertiary/aromatic N) is 1. The molecule has 98 valence electrons. The molecule has 3 heteroatoms. The van der Waals surface area contributed by atoms with Crippen molar-refractivity contribution in [3.05, 3.63) is 0 Å². The quantitative estimate of drug-likeness (QED) is 0.816. The standard InChI is InChI=1S/C14H26N2O/c1-3-12-6-8-16(10-12)14(17)9-13-11(2)5-4-7-15-13/h11-13,15H,3-10H2,1-2H3. The van der Waals surface area contributed by atoms with Crippen LogP contribution in [0.2, 0.25) is 0 Å². The van der Waals surface area contributed by atoms with Crippen molar-refractivity contribution >= 4 is 5.91 Å². The molecular formula is C14H26N2O. The van der Waals surface area contributed by atoms with E-state index in [0.29, 0.717) is 24.3 Å². The lowest BCUT2D eigenvalue weighted by Crippen LogP contribution is -2.44. The Morgan fingerprint density at radius 3 is 2.88 bits per heavy atom. The van der Waals surface area contributed by atoms with Crippen molar-refractivity contribution in [2.75, 3.05) is 19.6 Å². The van der Waals surface area contributed by atoms with Crippen LogP contribution in [0.1, 0.15) is 46.0 Å². The van der Waals surface area contributed by atoms with Gasteiger partial charge < -0.3 is 10.2 Å². The van der Waals surface area contributed by atoms with Crippen LogP contribution >= 0.6 is 0 Å². The third-order valence-electron chi connectivity index (χ3n) is 4.54. The maximum atomic E-state index is 12.2. The fraction of sp³-hybridized carbons (Fsp3) is 0.929. The molecule has 3 atom stereocenters. The molecule has 1 amide bonds. The van der Waals surface area contributed by atoms with Gasteiger partial charge in [-0.3, -0.25) is 4.79 Å². The van der Waals surface area contributed by atoms with E-state index in [2.05, 4.69) is 24.1 Å². The van der Waals surface area contributed by atoms with Crippen LogP contribution in [0.4, 0.5) is 0 Å². The first kappa shape index (κ1) is 12.9. The molecule has 0 bridgehead atoms. The maximum absolute atomic E-state index is 12.2. The number of piperidine rings is 1. The molecule has 1 N–H and O–H groups in total. The van der Waals surface area contributed by atoms with Crippen molar-refractivity contribution in [2.45, 2.75) is 52.0 Å². The van der Waals surface area contributed by atoms with E-state index in [1.54, 1.807) is 0 Å². The van der Waals surface area contributed by atoms with Gasteiger partial charge in [0.2, 0.25) is 5.91 Å². The number of hydrogen-bond acceptors (Lipinski definition) is 2. The van der Waals surface area contributed by atoms with E-state index in [1.165, 1.54) is 25.7 Å². The number of carbonyl (C=O) groups excluding carboxylic acids is 1. The summed E-state index contributed by atoms with van der Waals surface area (Å²) in [4.78, 5) is 14.3. The highest BCUT2D eigenvalue weighted by Gasteiger charge is 2.29. The molecule has 0 aliphatic carbocycles. The Labute approximate surface area is 105 Å². The molecule has 0 spiro atoms. The van der Waals surface area contributed by atoms with E-state index in [4.69, 9.17) is 0 Å². The van der Waals surface area contributed by atoms with E-state index >= 15 is 0 Å². The van der Waals surface area contributed by atoms with Gasteiger partial charge in [0.15, 0.2) is 0 Å². The third-order valence-corrected chi connectivity index (χ3v) is 4.54. The van der Waals surface area contributed by atoms with Gasteiger partial charge in [-0.25, -0.2) is 0 Å². The monoisotopic (exact) mass is 238 g/mol. The number of carbonyl (C=O) groups is 1. The molecule has 3 unspecified atom stereocenters. The first-order chi connectivity index (χ1) is 8.20. The number of nitrogens with one attached hydrogen (secondary N) is 1. The molecule has 2 saturated heterocycles. The zero-order valence-electron chi connectivity index (χ0n) is 11.2. The van der Waals surface area contributed by atoms with Crippen LogP contribution in [0.25, 0.3) is 0 Å². The first-order valence-electron chi connectivity index (χ1n) is 7.22. The second-order valence-electron chi connectivity index (χ2n) is 5.79. The van der Waals surface area contributed by atoms with Crippen molar-refractivity contribution in [2.24, 2.45) is 11.8 Å². The zero-order chi connectivity index (χ0) is 12.3. The second kappa shape index (κ2) is 5.85. The average Bonchev–Trinajstić information content (AvgIpc) is 2.81. The molecule has 2 aliphatic heterocycles. The minimum atomic E-state index is 0.368. The van der Waals surface area contributed by atoms with Gasteiger partial charge in [0.05, 0.1) is 0 Å². The van der Waals surface area contributed by atoms with Gasteiger partial charge in [-0.2, -0.15) is 0 Å². The maximum Gasteiger partial charge on any atom is 0.224 e. The molecule has 2 heterocycles. The van der Waals surface area contributed by atoms with Gasteiger partial charge in [-0.1, -0.05) is 20.3 Å². The normalized spacial score (nSPS) is 34.0. The molecule has 2 rings (SSSR count). The van der Waals surface area contributed by atoms with Crippen molar-refractivity contribution < 1.29 is 4.79 Å². The van der Waals surface area contributed by atoms with E-state index in [1.807, 2.05) is 0 Å². The molecule has 0 aromatic rings. The summed E-state index contributed by atoms with van der Waals surface area (Å²) >= 11 is 0. The van der Waals surface area contributed by atoms with Crippen molar-refractivity contribution in [3.63, 3.8) is 0 Å². The molecule has 0 aromatic carbocycles. The van der Waals surface area contributed by atoms with Crippen LogP contribution in [-0.4, -0.2) is 36.5 Å². The number of hydrogen-bond donors (Lipinski definition) is 1. The largest absolute Gasteiger partial charge is 0.342 e. The molecule has 2 aliphatic rings.